The standard InChI is InChI=1S/C14H18N6/c1-11-10-13(18-17-12(11)2)19-6-8-20(9-7-19)14-15-4-3-5-16-14/h3-5,10H,6-9H2,1-2H3. The molecule has 3 rings (SSSR count). The third kappa shape index (κ3) is 2.54. The van der Waals surface area contributed by atoms with E-state index in [-0.39, 0.29) is 0 Å². The first-order valence-corrected chi connectivity index (χ1v) is 6.82. The topological polar surface area (TPSA) is 58.0 Å². The third-order valence-corrected chi connectivity index (χ3v) is 3.66. The third-order valence-electron chi connectivity index (χ3n) is 3.66. The van der Waals surface area contributed by atoms with E-state index in [1.54, 1.807) is 12.4 Å². The van der Waals surface area contributed by atoms with Gasteiger partial charge in [0.25, 0.3) is 0 Å². The second-order valence-electron chi connectivity index (χ2n) is 4.99. The molecular weight excluding hydrogens is 252 g/mol. The van der Waals surface area contributed by atoms with Gasteiger partial charge >= 0.3 is 0 Å². The van der Waals surface area contributed by atoms with Gasteiger partial charge in [-0.3, -0.25) is 0 Å². The lowest BCUT2D eigenvalue weighted by Crippen LogP contribution is -2.47. The number of nitrogens with zero attached hydrogens (tertiary/aromatic N) is 6. The lowest BCUT2D eigenvalue weighted by molar-refractivity contribution is 0.630. The fourth-order valence-electron chi connectivity index (χ4n) is 2.28. The van der Waals surface area contributed by atoms with Gasteiger partial charge in [0.2, 0.25) is 5.95 Å². The van der Waals surface area contributed by atoms with Crippen LogP contribution in [0.4, 0.5) is 11.8 Å². The van der Waals surface area contributed by atoms with Gasteiger partial charge in [-0.1, -0.05) is 0 Å². The van der Waals surface area contributed by atoms with Crippen molar-refractivity contribution in [3.05, 3.63) is 35.8 Å². The Morgan fingerprint density at radius 2 is 1.55 bits per heavy atom. The molecule has 0 aromatic carbocycles. The van der Waals surface area contributed by atoms with Crippen molar-refractivity contribution in [3.8, 4) is 0 Å². The largest absolute Gasteiger partial charge is 0.352 e. The molecule has 0 N–H and O–H groups in total. The molecule has 104 valence electrons. The lowest BCUT2D eigenvalue weighted by Gasteiger charge is -2.35. The van der Waals surface area contributed by atoms with E-state index >= 15 is 0 Å². The van der Waals surface area contributed by atoms with Crippen molar-refractivity contribution in [1.82, 2.24) is 20.2 Å². The quantitative estimate of drug-likeness (QED) is 0.817. The smallest absolute Gasteiger partial charge is 0.225 e. The van der Waals surface area contributed by atoms with E-state index in [4.69, 9.17) is 0 Å². The Balaban J connectivity index is 1.68. The molecule has 0 amide bonds. The molecule has 6 heteroatoms. The summed E-state index contributed by atoms with van der Waals surface area (Å²) in [6.45, 7) is 7.68. The molecule has 1 fully saturated rings. The van der Waals surface area contributed by atoms with Gasteiger partial charge in [0, 0.05) is 38.6 Å². The zero-order valence-corrected chi connectivity index (χ0v) is 11.8. The van der Waals surface area contributed by atoms with Crippen molar-refractivity contribution in [2.24, 2.45) is 0 Å². The minimum atomic E-state index is 0.804. The minimum Gasteiger partial charge on any atom is -0.352 e. The van der Waals surface area contributed by atoms with Crippen molar-refractivity contribution in [2.45, 2.75) is 13.8 Å². The molecule has 6 nitrogen and oxygen atoms in total. The molecule has 20 heavy (non-hydrogen) atoms. The van der Waals surface area contributed by atoms with Crippen molar-refractivity contribution in [2.75, 3.05) is 36.0 Å². The second-order valence-corrected chi connectivity index (χ2v) is 4.99. The number of hydrogen-bond donors (Lipinski definition) is 0. The van der Waals surface area contributed by atoms with Crippen LogP contribution in [0.15, 0.2) is 24.5 Å². The number of aryl methyl sites for hydroxylation is 2. The summed E-state index contributed by atoms with van der Waals surface area (Å²) in [4.78, 5) is 13.1. The van der Waals surface area contributed by atoms with E-state index < -0.39 is 0 Å². The van der Waals surface area contributed by atoms with Crippen molar-refractivity contribution < 1.29 is 0 Å². The first-order chi connectivity index (χ1) is 9.74. The van der Waals surface area contributed by atoms with E-state index in [2.05, 4.69) is 43.0 Å². The molecule has 1 aliphatic rings. The Hall–Kier alpha value is -2.24. The minimum absolute atomic E-state index is 0.804. The summed E-state index contributed by atoms with van der Waals surface area (Å²) in [5, 5.41) is 8.49. The van der Waals surface area contributed by atoms with Gasteiger partial charge in [0.15, 0.2) is 5.82 Å². The molecule has 0 atom stereocenters. The van der Waals surface area contributed by atoms with Gasteiger partial charge < -0.3 is 9.80 Å². The molecule has 0 aliphatic carbocycles. The maximum Gasteiger partial charge on any atom is 0.225 e. The number of hydrogen-bond acceptors (Lipinski definition) is 6. The van der Waals surface area contributed by atoms with Crippen LogP contribution < -0.4 is 9.80 Å². The molecule has 0 unspecified atom stereocenters. The van der Waals surface area contributed by atoms with Gasteiger partial charge in [-0.15, -0.1) is 5.10 Å². The second kappa shape index (κ2) is 5.40. The summed E-state index contributed by atoms with van der Waals surface area (Å²) in [5.74, 6) is 1.76. The van der Waals surface area contributed by atoms with Crippen molar-refractivity contribution >= 4 is 11.8 Å². The Bertz CT molecular complexity index is 577. The molecule has 2 aromatic rings. The fraction of sp³-hybridized carbons (Fsp3) is 0.429. The van der Waals surface area contributed by atoms with Crippen molar-refractivity contribution in [1.29, 1.82) is 0 Å². The summed E-state index contributed by atoms with van der Waals surface area (Å²) in [6, 6.07) is 3.95. The SMILES string of the molecule is Cc1cc(N2CCN(c3ncccn3)CC2)nnc1C. The predicted molar refractivity (Wildman–Crippen MR) is 78.0 cm³/mol. The molecule has 0 spiro atoms. The van der Waals surface area contributed by atoms with E-state index in [1.165, 1.54) is 5.56 Å². The van der Waals surface area contributed by atoms with Crippen LogP contribution in [0.5, 0.6) is 0 Å². The van der Waals surface area contributed by atoms with Crippen LogP contribution in [0, 0.1) is 13.8 Å². The Kier molecular flexibility index (Phi) is 3.45. The molecule has 0 saturated carbocycles. The lowest BCUT2D eigenvalue weighted by atomic mass is 10.2. The number of rotatable bonds is 2. The highest BCUT2D eigenvalue weighted by atomic mass is 15.3. The fourth-order valence-corrected chi connectivity index (χ4v) is 2.28. The summed E-state index contributed by atoms with van der Waals surface area (Å²) < 4.78 is 0. The van der Waals surface area contributed by atoms with Gasteiger partial charge in [0.1, 0.15) is 0 Å². The molecule has 3 heterocycles. The average molecular weight is 270 g/mol. The first-order valence-electron chi connectivity index (χ1n) is 6.82. The van der Waals surface area contributed by atoms with Crippen LogP contribution in [-0.2, 0) is 0 Å². The summed E-state index contributed by atoms with van der Waals surface area (Å²) >= 11 is 0. The van der Waals surface area contributed by atoms with E-state index in [0.29, 0.717) is 0 Å². The van der Waals surface area contributed by atoms with Crippen LogP contribution in [0.25, 0.3) is 0 Å². The Labute approximate surface area is 118 Å². The molecule has 1 aliphatic heterocycles. The first kappa shape index (κ1) is 12.8. The van der Waals surface area contributed by atoms with Crippen LogP contribution in [0.3, 0.4) is 0 Å². The van der Waals surface area contributed by atoms with Crippen molar-refractivity contribution in [3.63, 3.8) is 0 Å². The van der Waals surface area contributed by atoms with Crippen LogP contribution in [-0.4, -0.2) is 46.3 Å². The zero-order valence-electron chi connectivity index (χ0n) is 11.8. The Morgan fingerprint density at radius 1 is 0.900 bits per heavy atom. The highest BCUT2D eigenvalue weighted by molar-refractivity contribution is 5.43. The number of piperazine rings is 1. The molecule has 2 aromatic heterocycles. The predicted octanol–water partition coefficient (Wildman–Crippen LogP) is 1.21. The van der Waals surface area contributed by atoms with E-state index in [1.807, 2.05) is 13.0 Å². The zero-order chi connectivity index (χ0) is 13.9. The van der Waals surface area contributed by atoms with Crippen LogP contribution in [0.1, 0.15) is 11.3 Å². The highest BCUT2D eigenvalue weighted by Gasteiger charge is 2.20. The average Bonchev–Trinajstić information content (AvgIpc) is 2.51. The monoisotopic (exact) mass is 270 g/mol. The Morgan fingerprint density at radius 3 is 2.20 bits per heavy atom. The van der Waals surface area contributed by atoms with Crippen LogP contribution >= 0.6 is 0 Å². The van der Waals surface area contributed by atoms with E-state index in [9.17, 15) is 0 Å². The molecule has 0 radical (unpaired) electrons. The molecular formula is C14H18N6. The molecule has 1 saturated heterocycles. The maximum absolute atomic E-state index is 4.29. The van der Waals surface area contributed by atoms with Gasteiger partial charge in [0.05, 0.1) is 5.69 Å². The normalized spacial score (nSPS) is 15.5. The molecule has 0 bridgehead atoms. The summed E-state index contributed by atoms with van der Waals surface area (Å²) in [7, 11) is 0. The number of aromatic nitrogens is 4. The van der Waals surface area contributed by atoms with Gasteiger partial charge in [-0.2, -0.15) is 5.10 Å². The van der Waals surface area contributed by atoms with Gasteiger partial charge in [-0.05, 0) is 31.5 Å². The summed E-state index contributed by atoms with van der Waals surface area (Å²) in [5.41, 5.74) is 2.17. The maximum atomic E-state index is 4.29. The van der Waals surface area contributed by atoms with Crippen LogP contribution in [0.2, 0.25) is 0 Å². The van der Waals surface area contributed by atoms with Gasteiger partial charge in [-0.25, -0.2) is 9.97 Å². The highest BCUT2D eigenvalue weighted by Crippen LogP contribution is 2.17. The number of anilines is 2. The van der Waals surface area contributed by atoms with E-state index in [0.717, 1.165) is 43.6 Å². The summed E-state index contributed by atoms with van der Waals surface area (Å²) in [6.07, 6.45) is 3.56.